The number of amides is 1. The average molecular weight is 250 g/mol. The van der Waals surface area contributed by atoms with Gasteiger partial charge in [0.25, 0.3) is 5.91 Å². The minimum absolute atomic E-state index is 0.128. The number of hydrogen-bond acceptors (Lipinski definition) is 3. The lowest BCUT2D eigenvalue weighted by molar-refractivity contribution is 0.0740. The predicted molar refractivity (Wildman–Crippen MR) is 71.6 cm³/mol. The third-order valence-electron chi connectivity index (χ3n) is 3.24. The number of carbonyl (C=O) groups is 1. The number of nitrogens with one attached hydrogen (secondary N) is 1. The number of benzene rings is 1. The molecule has 1 unspecified atom stereocenters. The number of rotatable bonds is 3. The van der Waals surface area contributed by atoms with Crippen LogP contribution in [-0.2, 0) is 0 Å². The Morgan fingerprint density at radius 3 is 2.88 bits per heavy atom. The van der Waals surface area contributed by atoms with Crippen molar-refractivity contribution in [2.75, 3.05) is 26.4 Å². The Bertz CT molecular complexity index is 402. The summed E-state index contributed by atoms with van der Waals surface area (Å²) in [6.45, 7) is 1.91. The maximum absolute atomic E-state index is 12.4. The van der Waals surface area contributed by atoms with Crippen LogP contribution in [0.4, 0.5) is 0 Å². The molecule has 1 aromatic rings. The molecular weight excluding hydrogens is 232 g/mol. The van der Waals surface area contributed by atoms with Gasteiger partial charge in [-0.2, -0.15) is 0 Å². The van der Waals surface area contributed by atoms with E-state index in [4.69, 9.17) is 0 Å². The molecule has 1 aromatic carbocycles. The maximum Gasteiger partial charge on any atom is 0.255 e. The zero-order valence-electron chi connectivity index (χ0n) is 10.3. The lowest BCUT2D eigenvalue weighted by atomic mass is 10.1. The van der Waals surface area contributed by atoms with Crippen LogP contribution in [0, 0.1) is 0 Å². The van der Waals surface area contributed by atoms with Gasteiger partial charge in [0.1, 0.15) is 0 Å². The molecule has 0 bridgehead atoms. The molecule has 1 atom stereocenters. The van der Waals surface area contributed by atoms with Crippen LogP contribution in [0.1, 0.15) is 16.8 Å². The van der Waals surface area contributed by atoms with Gasteiger partial charge in [-0.1, -0.05) is 12.1 Å². The maximum atomic E-state index is 12.4. The number of likely N-dealkylation sites (N-methyl/N-ethyl adjacent to an activating group) is 1. The molecule has 0 spiro atoms. The van der Waals surface area contributed by atoms with Crippen LogP contribution < -0.4 is 5.32 Å². The van der Waals surface area contributed by atoms with Crippen molar-refractivity contribution in [3.05, 3.63) is 29.8 Å². The molecule has 0 aromatic heterocycles. The summed E-state index contributed by atoms with van der Waals surface area (Å²) >= 11 is 1.62. The van der Waals surface area contributed by atoms with Gasteiger partial charge in [-0.3, -0.25) is 4.79 Å². The highest BCUT2D eigenvalue weighted by molar-refractivity contribution is 7.98. The van der Waals surface area contributed by atoms with E-state index in [-0.39, 0.29) is 5.91 Å². The van der Waals surface area contributed by atoms with Gasteiger partial charge in [-0.25, -0.2) is 0 Å². The fourth-order valence-electron chi connectivity index (χ4n) is 2.15. The Labute approximate surface area is 107 Å². The third kappa shape index (κ3) is 2.64. The van der Waals surface area contributed by atoms with Crippen LogP contribution in [-0.4, -0.2) is 43.2 Å². The van der Waals surface area contributed by atoms with Crippen molar-refractivity contribution in [2.24, 2.45) is 0 Å². The van der Waals surface area contributed by atoms with E-state index < -0.39 is 0 Å². The summed E-state index contributed by atoms with van der Waals surface area (Å²) in [7, 11) is 1.90. The molecule has 4 heteroatoms. The van der Waals surface area contributed by atoms with Crippen LogP contribution in [0.3, 0.4) is 0 Å². The number of carbonyl (C=O) groups excluding carboxylic acids is 1. The van der Waals surface area contributed by atoms with Crippen molar-refractivity contribution < 1.29 is 4.79 Å². The Hall–Kier alpha value is -1.00. The normalized spacial score (nSPS) is 19.3. The molecule has 92 valence electrons. The molecule has 0 aliphatic carbocycles. The third-order valence-corrected chi connectivity index (χ3v) is 4.04. The highest BCUT2D eigenvalue weighted by atomic mass is 32.2. The van der Waals surface area contributed by atoms with Gasteiger partial charge in [0.05, 0.1) is 5.56 Å². The molecule has 2 rings (SSSR count). The summed E-state index contributed by atoms with van der Waals surface area (Å²) in [5.41, 5.74) is 0.814. The van der Waals surface area contributed by atoms with Gasteiger partial charge < -0.3 is 10.2 Å². The molecule has 1 N–H and O–H groups in total. The van der Waals surface area contributed by atoms with E-state index in [0.717, 1.165) is 30.0 Å². The summed E-state index contributed by atoms with van der Waals surface area (Å²) in [6.07, 6.45) is 3.05. The molecule has 0 saturated carbocycles. The van der Waals surface area contributed by atoms with Crippen molar-refractivity contribution in [1.82, 2.24) is 10.2 Å². The molecule has 1 fully saturated rings. The zero-order valence-corrected chi connectivity index (χ0v) is 11.1. The molecule has 1 aliphatic heterocycles. The first-order valence-corrected chi connectivity index (χ1v) is 7.07. The second-order valence-electron chi connectivity index (χ2n) is 4.26. The molecule has 1 amide bonds. The molecule has 3 nitrogen and oxygen atoms in total. The average Bonchev–Trinajstić information content (AvgIpc) is 2.90. The van der Waals surface area contributed by atoms with Gasteiger partial charge in [0.15, 0.2) is 0 Å². The highest BCUT2D eigenvalue weighted by Gasteiger charge is 2.24. The monoisotopic (exact) mass is 250 g/mol. The second-order valence-corrected chi connectivity index (χ2v) is 5.11. The number of hydrogen-bond donors (Lipinski definition) is 1. The molecule has 0 radical (unpaired) electrons. The minimum atomic E-state index is 0.128. The van der Waals surface area contributed by atoms with Crippen LogP contribution >= 0.6 is 11.8 Å². The fraction of sp³-hybridized carbons (Fsp3) is 0.462. The summed E-state index contributed by atoms with van der Waals surface area (Å²) in [5.74, 6) is 0.128. The number of thioether (sulfide) groups is 1. The first-order chi connectivity index (χ1) is 8.24. The molecule has 1 saturated heterocycles. The van der Waals surface area contributed by atoms with E-state index in [1.807, 2.05) is 42.5 Å². The molecule has 1 heterocycles. The van der Waals surface area contributed by atoms with Gasteiger partial charge in [0.2, 0.25) is 0 Å². The van der Waals surface area contributed by atoms with Gasteiger partial charge in [-0.05, 0) is 31.4 Å². The van der Waals surface area contributed by atoms with Crippen molar-refractivity contribution in [1.29, 1.82) is 0 Å². The van der Waals surface area contributed by atoms with Crippen molar-refractivity contribution in [3.63, 3.8) is 0 Å². The molecular formula is C13H18N2OS. The van der Waals surface area contributed by atoms with Crippen LogP contribution in [0.5, 0.6) is 0 Å². The van der Waals surface area contributed by atoms with Gasteiger partial charge >= 0.3 is 0 Å². The molecule has 17 heavy (non-hydrogen) atoms. The zero-order chi connectivity index (χ0) is 12.3. The lowest BCUT2D eigenvalue weighted by Gasteiger charge is -2.24. The van der Waals surface area contributed by atoms with Crippen LogP contribution in [0.15, 0.2) is 29.2 Å². The SMILES string of the molecule is CSc1ccccc1C(=O)N(C)C1CCNC1. The van der Waals surface area contributed by atoms with Gasteiger partial charge in [0, 0.05) is 24.5 Å². The van der Waals surface area contributed by atoms with Crippen LogP contribution in [0.2, 0.25) is 0 Å². The van der Waals surface area contributed by atoms with Crippen LogP contribution in [0.25, 0.3) is 0 Å². The Morgan fingerprint density at radius 1 is 1.47 bits per heavy atom. The summed E-state index contributed by atoms with van der Waals surface area (Å²) in [4.78, 5) is 15.3. The van der Waals surface area contributed by atoms with Crippen molar-refractivity contribution in [2.45, 2.75) is 17.4 Å². The smallest absolute Gasteiger partial charge is 0.255 e. The van der Waals surface area contributed by atoms with E-state index in [2.05, 4.69) is 5.32 Å². The van der Waals surface area contributed by atoms with E-state index in [1.165, 1.54) is 0 Å². The van der Waals surface area contributed by atoms with Crippen molar-refractivity contribution in [3.8, 4) is 0 Å². The lowest BCUT2D eigenvalue weighted by Crippen LogP contribution is -2.38. The van der Waals surface area contributed by atoms with Crippen molar-refractivity contribution >= 4 is 17.7 Å². The second kappa shape index (κ2) is 5.56. The Balaban J connectivity index is 2.18. The largest absolute Gasteiger partial charge is 0.337 e. The van der Waals surface area contributed by atoms with E-state index in [0.29, 0.717) is 6.04 Å². The fourth-order valence-corrected chi connectivity index (χ4v) is 2.74. The summed E-state index contributed by atoms with van der Waals surface area (Å²) < 4.78 is 0. The first kappa shape index (κ1) is 12.5. The number of nitrogens with zero attached hydrogens (tertiary/aromatic N) is 1. The summed E-state index contributed by atoms with van der Waals surface area (Å²) in [6, 6.07) is 8.14. The highest BCUT2D eigenvalue weighted by Crippen LogP contribution is 2.22. The quantitative estimate of drug-likeness (QED) is 0.831. The predicted octanol–water partition coefficient (Wildman–Crippen LogP) is 1.84. The van der Waals surface area contributed by atoms with E-state index in [1.54, 1.807) is 11.8 Å². The first-order valence-electron chi connectivity index (χ1n) is 5.85. The Morgan fingerprint density at radius 2 is 2.24 bits per heavy atom. The summed E-state index contributed by atoms with van der Waals surface area (Å²) in [5, 5.41) is 3.29. The molecule has 1 aliphatic rings. The standard InChI is InChI=1S/C13H18N2OS/c1-15(10-7-8-14-9-10)13(16)11-5-3-4-6-12(11)17-2/h3-6,10,14H,7-9H2,1-2H3. The topological polar surface area (TPSA) is 32.3 Å². The Kier molecular flexibility index (Phi) is 4.07. The van der Waals surface area contributed by atoms with E-state index >= 15 is 0 Å². The van der Waals surface area contributed by atoms with E-state index in [9.17, 15) is 4.79 Å². The minimum Gasteiger partial charge on any atom is -0.337 e. The van der Waals surface area contributed by atoms with Gasteiger partial charge in [-0.15, -0.1) is 11.8 Å².